The quantitative estimate of drug-likeness (QED) is 0.818. The summed E-state index contributed by atoms with van der Waals surface area (Å²) in [5, 5.41) is 18.2. The summed E-state index contributed by atoms with van der Waals surface area (Å²) in [6.07, 6.45) is 0. The number of benzene rings is 1. The molecule has 0 aliphatic rings. The van der Waals surface area contributed by atoms with E-state index in [9.17, 15) is 8.78 Å². The molecule has 2 N–H and O–H groups in total. The fraction of sp³-hybridized carbons (Fsp3) is 0.400. The standard InChI is InChI=1S/C10H11BrF2O2/c1-10(2,4-14)7-5(12)3-6(15)8(11)9(7)13/h3,14-15H,4H2,1-2H3. The van der Waals surface area contributed by atoms with E-state index in [0.29, 0.717) is 0 Å². The lowest BCUT2D eigenvalue weighted by molar-refractivity contribution is 0.210. The number of aliphatic hydroxyl groups excluding tert-OH is 1. The Morgan fingerprint density at radius 3 is 2.40 bits per heavy atom. The fourth-order valence-electron chi connectivity index (χ4n) is 1.28. The van der Waals surface area contributed by atoms with Gasteiger partial charge in [0.2, 0.25) is 0 Å². The molecule has 0 aliphatic heterocycles. The van der Waals surface area contributed by atoms with Crippen molar-refractivity contribution in [3.63, 3.8) is 0 Å². The molecular formula is C10H11BrF2O2. The first kappa shape index (κ1) is 12.4. The number of hydrogen-bond donors (Lipinski definition) is 2. The molecule has 0 heterocycles. The second-order valence-corrected chi connectivity index (χ2v) is 4.72. The van der Waals surface area contributed by atoms with Crippen LogP contribution in [0.2, 0.25) is 0 Å². The molecule has 0 aliphatic carbocycles. The summed E-state index contributed by atoms with van der Waals surface area (Å²) in [6.45, 7) is 2.63. The molecule has 0 radical (unpaired) electrons. The minimum absolute atomic E-state index is 0.194. The van der Waals surface area contributed by atoms with E-state index in [-0.39, 0.29) is 10.0 Å². The Bertz CT molecular complexity index is 391. The molecule has 0 fully saturated rings. The van der Waals surface area contributed by atoms with Crippen LogP contribution in [0.1, 0.15) is 19.4 Å². The van der Waals surface area contributed by atoms with Gasteiger partial charge in [-0.25, -0.2) is 8.78 Å². The zero-order chi connectivity index (χ0) is 11.8. The molecule has 0 spiro atoms. The van der Waals surface area contributed by atoms with Crippen LogP contribution in [0.15, 0.2) is 10.5 Å². The first-order chi connectivity index (χ1) is 6.81. The van der Waals surface area contributed by atoms with Crippen LogP contribution in [-0.2, 0) is 5.41 Å². The van der Waals surface area contributed by atoms with E-state index in [1.165, 1.54) is 13.8 Å². The SMILES string of the molecule is CC(C)(CO)c1c(F)cc(O)c(Br)c1F. The van der Waals surface area contributed by atoms with Crippen LogP contribution in [0.4, 0.5) is 8.78 Å². The summed E-state index contributed by atoms with van der Waals surface area (Å²) in [5.74, 6) is -2.25. The van der Waals surface area contributed by atoms with E-state index in [1.54, 1.807) is 0 Å². The molecule has 1 aromatic carbocycles. The van der Waals surface area contributed by atoms with Crippen molar-refractivity contribution in [3.8, 4) is 5.75 Å². The van der Waals surface area contributed by atoms with E-state index in [0.717, 1.165) is 6.07 Å². The van der Waals surface area contributed by atoms with Gasteiger partial charge in [0.05, 0.1) is 11.1 Å². The van der Waals surface area contributed by atoms with Crippen LogP contribution in [0.3, 0.4) is 0 Å². The molecular weight excluding hydrogens is 270 g/mol. The molecule has 1 aromatic rings. The average molecular weight is 281 g/mol. The predicted molar refractivity (Wildman–Crippen MR) is 55.8 cm³/mol. The van der Waals surface area contributed by atoms with Crippen LogP contribution in [0.25, 0.3) is 0 Å². The van der Waals surface area contributed by atoms with Crippen LogP contribution in [-0.4, -0.2) is 16.8 Å². The largest absolute Gasteiger partial charge is 0.507 e. The van der Waals surface area contributed by atoms with Gasteiger partial charge in [-0.15, -0.1) is 0 Å². The summed E-state index contributed by atoms with van der Waals surface area (Å²) < 4.78 is 26.9. The first-order valence-electron chi connectivity index (χ1n) is 4.29. The predicted octanol–water partition coefficient (Wildman–Crippen LogP) is 2.70. The van der Waals surface area contributed by atoms with Crippen molar-refractivity contribution >= 4 is 15.9 Å². The Morgan fingerprint density at radius 2 is 1.93 bits per heavy atom. The van der Waals surface area contributed by atoms with E-state index >= 15 is 0 Å². The summed E-state index contributed by atoms with van der Waals surface area (Å²) in [7, 11) is 0. The van der Waals surface area contributed by atoms with Gasteiger partial charge in [-0.2, -0.15) is 0 Å². The molecule has 5 heteroatoms. The van der Waals surface area contributed by atoms with E-state index in [2.05, 4.69) is 15.9 Å². The molecule has 0 atom stereocenters. The molecule has 0 amide bonds. The van der Waals surface area contributed by atoms with Gasteiger partial charge in [-0.05, 0) is 15.9 Å². The molecule has 0 saturated heterocycles. The molecule has 1 rings (SSSR count). The highest BCUT2D eigenvalue weighted by Crippen LogP contribution is 2.36. The highest BCUT2D eigenvalue weighted by atomic mass is 79.9. The van der Waals surface area contributed by atoms with Crippen molar-refractivity contribution in [1.29, 1.82) is 0 Å². The van der Waals surface area contributed by atoms with Gasteiger partial charge in [0.25, 0.3) is 0 Å². The van der Waals surface area contributed by atoms with Crippen molar-refractivity contribution in [2.24, 2.45) is 0 Å². The molecule has 84 valence electrons. The monoisotopic (exact) mass is 280 g/mol. The Morgan fingerprint density at radius 1 is 1.40 bits per heavy atom. The van der Waals surface area contributed by atoms with Crippen molar-refractivity contribution in [1.82, 2.24) is 0 Å². The van der Waals surface area contributed by atoms with Crippen LogP contribution < -0.4 is 0 Å². The maximum Gasteiger partial charge on any atom is 0.147 e. The molecule has 0 aromatic heterocycles. The number of halogens is 3. The average Bonchev–Trinajstić information content (AvgIpc) is 2.14. The molecule has 0 bridgehead atoms. The smallest absolute Gasteiger partial charge is 0.147 e. The van der Waals surface area contributed by atoms with Crippen LogP contribution >= 0.6 is 15.9 Å². The van der Waals surface area contributed by atoms with Crippen molar-refractivity contribution < 1.29 is 19.0 Å². The zero-order valence-electron chi connectivity index (χ0n) is 8.31. The van der Waals surface area contributed by atoms with Gasteiger partial charge in [-0.3, -0.25) is 0 Å². The van der Waals surface area contributed by atoms with Gasteiger partial charge in [-0.1, -0.05) is 13.8 Å². The maximum atomic E-state index is 13.6. The molecule has 0 unspecified atom stereocenters. The van der Waals surface area contributed by atoms with Gasteiger partial charge in [0.15, 0.2) is 0 Å². The second kappa shape index (κ2) is 4.06. The summed E-state index contributed by atoms with van der Waals surface area (Å²) >= 11 is 2.81. The number of aliphatic hydroxyl groups is 1. The van der Waals surface area contributed by atoms with Gasteiger partial charge >= 0.3 is 0 Å². The number of rotatable bonds is 2. The Hall–Kier alpha value is -0.680. The lowest BCUT2D eigenvalue weighted by Crippen LogP contribution is -2.25. The lowest BCUT2D eigenvalue weighted by atomic mass is 9.85. The van der Waals surface area contributed by atoms with Gasteiger partial charge in [0.1, 0.15) is 17.4 Å². The Balaban J connectivity index is 3.49. The zero-order valence-corrected chi connectivity index (χ0v) is 9.90. The Kier molecular flexibility index (Phi) is 3.35. The number of phenolic OH excluding ortho intramolecular Hbond substituents is 1. The highest BCUT2D eigenvalue weighted by Gasteiger charge is 2.29. The van der Waals surface area contributed by atoms with Gasteiger partial charge < -0.3 is 10.2 Å². The van der Waals surface area contributed by atoms with Crippen LogP contribution in [0.5, 0.6) is 5.75 Å². The maximum absolute atomic E-state index is 13.6. The Labute approximate surface area is 94.7 Å². The van der Waals surface area contributed by atoms with Crippen molar-refractivity contribution in [2.45, 2.75) is 19.3 Å². The van der Waals surface area contributed by atoms with Gasteiger partial charge in [0, 0.05) is 17.0 Å². The van der Waals surface area contributed by atoms with E-state index < -0.39 is 29.4 Å². The van der Waals surface area contributed by atoms with E-state index in [1.807, 2.05) is 0 Å². The number of aromatic hydroxyl groups is 1. The first-order valence-corrected chi connectivity index (χ1v) is 5.08. The minimum atomic E-state index is -1.04. The summed E-state index contributed by atoms with van der Waals surface area (Å²) in [5.41, 5.74) is -1.28. The molecule has 2 nitrogen and oxygen atoms in total. The third-order valence-corrected chi connectivity index (χ3v) is 2.97. The number of phenols is 1. The topological polar surface area (TPSA) is 40.5 Å². The number of hydrogen-bond acceptors (Lipinski definition) is 2. The lowest BCUT2D eigenvalue weighted by Gasteiger charge is -2.24. The fourth-order valence-corrected chi connectivity index (χ4v) is 1.59. The van der Waals surface area contributed by atoms with Crippen molar-refractivity contribution in [2.75, 3.05) is 6.61 Å². The normalized spacial score (nSPS) is 11.9. The summed E-state index contributed by atoms with van der Waals surface area (Å²) in [4.78, 5) is 0. The highest BCUT2D eigenvalue weighted by molar-refractivity contribution is 9.10. The second-order valence-electron chi connectivity index (χ2n) is 3.92. The summed E-state index contributed by atoms with van der Waals surface area (Å²) in [6, 6.07) is 0.819. The third kappa shape index (κ3) is 2.13. The molecule has 0 saturated carbocycles. The minimum Gasteiger partial charge on any atom is -0.507 e. The van der Waals surface area contributed by atoms with E-state index in [4.69, 9.17) is 10.2 Å². The third-order valence-electron chi connectivity index (χ3n) is 2.21. The van der Waals surface area contributed by atoms with Crippen molar-refractivity contribution in [3.05, 3.63) is 27.7 Å². The molecule has 15 heavy (non-hydrogen) atoms. The van der Waals surface area contributed by atoms with Crippen LogP contribution in [0, 0.1) is 11.6 Å².